The molecule has 2 heterocycles. The van der Waals surface area contributed by atoms with Gasteiger partial charge in [0.05, 0.1) is 4.90 Å². The third-order valence-corrected chi connectivity index (χ3v) is 5.00. The largest absolute Gasteiger partial charge is 0.449 e. The first kappa shape index (κ1) is 14.2. The average Bonchev–Trinajstić information content (AvgIpc) is 3.10. The van der Waals surface area contributed by atoms with Crippen molar-refractivity contribution in [2.24, 2.45) is 0 Å². The fourth-order valence-electron chi connectivity index (χ4n) is 2.34. The standard InChI is InChI=1S/C14H17N3O3S/c1-10-16-14(9-20-10)11-2-4-13(5-3-11)21(18,19)17-12-6-7-15-8-12/h2-5,9,12,15,17H,6-8H2,1H3. The second-order valence-electron chi connectivity index (χ2n) is 5.09. The van der Waals surface area contributed by atoms with Crippen LogP contribution in [0.5, 0.6) is 0 Å². The predicted octanol–water partition coefficient (Wildman–Crippen LogP) is 1.29. The van der Waals surface area contributed by atoms with Crippen molar-refractivity contribution >= 4 is 10.0 Å². The van der Waals surface area contributed by atoms with Crippen molar-refractivity contribution in [2.75, 3.05) is 13.1 Å². The Morgan fingerprint density at radius 3 is 2.67 bits per heavy atom. The molecule has 1 aromatic carbocycles. The Bertz CT molecular complexity index is 716. The van der Waals surface area contributed by atoms with Crippen molar-refractivity contribution in [1.29, 1.82) is 0 Å². The smallest absolute Gasteiger partial charge is 0.240 e. The molecular weight excluding hydrogens is 290 g/mol. The van der Waals surface area contributed by atoms with Gasteiger partial charge in [0.15, 0.2) is 5.89 Å². The summed E-state index contributed by atoms with van der Waals surface area (Å²) in [4.78, 5) is 4.48. The molecule has 0 aliphatic carbocycles. The van der Waals surface area contributed by atoms with E-state index < -0.39 is 10.0 Å². The highest BCUT2D eigenvalue weighted by molar-refractivity contribution is 7.89. The number of hydrogen-bond donors (Lipinski definition) is 2. The van der Waals surface area contributed by atoms with Crippen LogP contribution in [-0.2, 0) is 10.0 Å². The summed E-state index contributed by atoms with van der Waals surface area (Å²) in [5.74, 6) is 0.581. The molecule has 3 rings (SSSR count). The van der Waals surface area contributed by atoms with Gasteiger partial charge in [0, 0.05) is 25.1 Å². The van der Waals surface area contributed by atoms with Crippen LogP contribution in [0.4, 0.5) is 0 Å². The highest BCUT2D eigenvalue weighted by Gasteiger charge is 2.22. The van der Waals surface area contributed by atoms with Crippen LogP contribution in [0.2, 0.25) is 0 Å². The van der Waals surface area contributed by atoms with Gasteiger partial charge in [0.1, 0.15) is 12.0 Å². The van der Waals surface area contributed by atoms with E-state index in [1.165, 1.54) is 0 Å². The van der Waals surface area contributed by atoms with E-state index in [0.29, 0.717) is 18.1 Å². The topological polar surface area (TPSA) is 84.2 Å². The lowest BCUT2D eigenvalue weighted by atomic mass is 10.2. The minimum Gasteiger partial charge on any atom is -0.449 e. The molecule has 1 fully saturated rings. The Kier molecular flexibility index (Phi) is 3.79. The molecule has 1 aromatic heterocycles. The van der Waals surface area contributed by atoms with E-state index in [1.54, 1.807) is 37.5 Å². The lowest BCUT2D eigenvalue weighted by Crippen LogP contribution is -2.36. The van der Waals surface area contributed by atoms with Crippen LogP contribution in [-0.4, -0.2) is 32.5 Å². The molecule has 1 atom stereocenters. The second-order valence-corrected chi connectivity index (χ2v) is 6.80. The quantitative estimate of drug-likeness (QED) is 0.889. The molecule has 2 N–H and O–H groups in total. The Hall–Kier alpha value is -1.70. The van der Waals surface area contributed by atoms with Crippen LogP contribution >= 0.6 is 0 Å². The summed E-state index contributed by atoms with van der Waals surface area (Å²) in [6.07, 6.45) is 2.37. The van der Waals surface area contributed by atoms with E-state index in [1.807, 2.05) is 0 Å². The van der Waals surface area contributed by atoms with Crippen molar-refractivity contribution in [3.8, 4) is 11.3 Å². The molecule has 7 heteroatoms. The van der Waals surface area contributed by atoms with Crippen molar-refractivity contribution in [2.45, 2.75) is 24.3 Å². The maximum Gasteiger partial charge on any atom is 0.240 e. The lowest BCUT2D eigenvalue weighted by Gasteiger charge is -2.12. The van der Waals surface area contributed by atoms with Gasteiger partial charge >= 0.3 is 0 Å². The first-order valence-electron chi connectivity index (χ1n) is 6.80. The van der Waals surface area contributed by atoms with Crippen molar-refractivity contribution in [3.05, 3.63) is 36.4 Å². The zero-order valence-corrected chi connectivity index (χ0v) is 12.5. The number of aromatic nitrogens is 1. The van der Waals surface area contributed by atoms with Crippen LogP contribution in [0.1, 0.15) is 12.3 Å². The van der Waals surface area contributed by atoms with E-state index in [2.05, 4.69) is 15.0 Å². The van der Waals surface area contributed by atoms with E-state index in [-0.39, 0.29) is 10.9 Å². The first-order chi connectivity index (χ1) is 10.0. The molecule has 112 valence electrons. The number of hydrogen-bond acceptors (Lipinski definition) is 5. The van der Waals surface area contributed by atoms with Gasteiger partial charge in [-0.15, -0.1) is 0 Å². The first-order valence-corrected chi connectivity index (χ1v) is 8.28. The summed E-state index contributed by atoms with van der Waals surface area (Å²) in [5.41, 5.74) is 1.53. The van der Waals surface area contributed by atoms with Gasteiger partial charge in [-0.2, -0.15) is 0 Å². The van der Waals surface area contributed by atoms with Crippen molar-refractivity contribution in [1.82, 2.24) is 15.0 Å². The Morgan fingerprint density at radius 1 is 1.33 bits per heavy atom. The number of nitrogens with one attached hydrogen (secondary N) is 2. The zero-order valence-electron chi connectivity index (χ0n) is 11.7. The maximum absolute atomic E-state index is 12.3. The van der Waals surface area contributed by atoms with Crippen LogP contribution in [0.15, 0.2) is 39.8 Å². The van der Waals surface area contributed by atoms with Gasteiger partial charge in [-0.25, -0.2) is 18.1 Å². The molecule has 2 aromatic rings. The number of nitrogens with zero attached hydrogens (tertiary/aromatic N) is 1. The summed E-state index contributed by atoms with van der Waals surface area (Å²) < 4.78 is 32.4. The average molecular weight is 307 g/mol. The molecule has 0 amide bonds. The molecule has 0 saturated carbocycles. The third kappa shape index (κ3) is 3.15. The van der Waals surface area contributed by atoms with Gasteiger partial charge in [-0.05, 0) is 25.1 Å². The minimum atomic E-state index is -3.47. The Balaban J connectivity index is 1.79. The molecule has 0 spiro atoms. The molecular formula is C14H17N3O3S. The van der Waals surface area contributed by atoms with Gasteiger partial charge in [0.25, 0.3) is 0 Å². The van der Waals surface area contributed by atoms with E-state index >= 15 is 0 Å². The second kappa shape index (κ2) is 5.59. The number of aryl methyl sites for hydroxylation is 1. The maximum atomic E-state index is 12.3. The SMILES string of the molecule is Cc1nc(-c2ccc(S(=O)(=O)NC3CCNC3)cc2)co1. The summed E-state index contributed by atoms with van der Waals surface area (Å²) >= 11 is 0. The predicted molar refractivity (Wildman–Crippen MR) is 78.3 cm³/mol. The highest BCUT2D eigenvalue weighted by Crippen LogP contribution is 2.21. The number of benzene rings is 1. The molecule has 0 radical (unpaired) electrons. The van der Waals surface area contributed by atoms with Gasteiger partial charge < -0.3 is 9.73 Å². The number of oxazole rings is 1. The van der Waals surface area contributed by atoms with Crippen LogP contribution < -0.4 is 10.0 Å². The van der Waals surface area contributed by atoms with Gasteiger partial charge in [-0.3, -0.25) is 0 Å². The van der Waals surface area contributed by atoms with Crippen LogP contribution in [0.3, 0.4) is 0 Å². The summed E-state index contributed by atoms with van der Waals surface area (Å²) in [6.45, 7) is 3.29. The fraction of sp³-hybridized carbons (Fsp3) is 0.357. The summed E-state index contributed by atoms with van der Waals surface area (Å²) in [6, 6.07) is 6.61. The summed E-state index contributed by atoms with van der Waals surface area (Å²) in [7, 11) is -3.47. The lowest BCUT2D eigenvalue weighted by molar-refractivity contribution is 0.521. The highest BCUT2D eigenvalue weighted by atomic mass is 32.2. The van der Waals surface area contributed by atoms with Gasteiger partial charge in [0.2, 0.25) is 10.0 Å². The molecule has 0 bridgehead atoms. The van der Waals surface area contributed by atoms with Gasteiger partial charge in [-0.1, -0.05) is 12.1 Å². The molecule has 1 aliphatic rings. The van der Waals surface area contributed by atoms with Crippen LogP contribution in [0, 0.1) is 6.92 Å². The van der Waals surface area contributed by atoms with Crippen LogP contribution in [0.25, 0.3) is 11.3 Å². The summed E-state index contributed by atoms with van der Waals surface area (Å²) in [5, 5.41) is 3.13. The fourth-order valence-corrected chi connectivity index (χ4v) is 3.61. The van der Waals surface area contributed by atoms with E-state index in [4.69, 9.17) is 4.42 Å². The molecule has 1 saturated heterocycles. The third-order valence-electron chi connectivity index (χ3n) is 3.46. The monoisotopic (exact) mass is 307 g/mol. The number of rotatable bonds is 4. The number of sulfonamides is 1. The van der Waals surface area contributed by atoms with E-state index in [9.17, 15) is 8.42 Å². The zero-order chi connectivity index (χ0) is 14.9. The molecule has 6 nitrogen and oxygen atoms in total. The Labute approximate surface area is 123 Å². The molecule has 1 aliphatic heterocycles. The Morgan fingerprint density at radius 2 is 2.10 bits per heavy atom. The molecule has 1 unspecified atom stereocenters. The normalized spacial score (nSPS) is 19.0. The van der Waals surface area contributed by atoms with Crippen molar-refractivity contribution < 1.29 is 12.8 Å². The van der Waals surface area contributed by atoms with E-state index in [0.717, 1.165) is 18.5 Å². The minimum absolute atomic E-state index is 0.0344. The molecule has 21 heavy (non-hydrogen) atoms. The van der Waals surface area contributed by atoms with Crippen molar-refractivity contribution in [3.63, 3.8) is 0 Å².